The summed E-state index contributed by atoms with van der Waals surface area (Å²) < 4.78 is 40.0. The fraction of sp³-hybridized carbons (Fsp3) is 0.692. The van der Waals surface area contributed by atoms with Crippen molar-refractivity contribution in [3.05, 3.63) is 17.0 Å². The Morgan fingerprint density at radius 3 is 2.53 bits per heavy atom. The van der Waals surface area contributed by atoms with Crippen LogP contribution >= 0.6 is 0 Å². The van der Waals surface area contributed by atoms with E-state index in [4.69, 9.17) is 0 Å². The standard InChI is InChI=1S/C13H17F3N2O/c1-8(2)11(19)7-18-10-6-4-3-5-9(10)12(17-18)13(14,15)16/h8H,3-7H2,1-2H3. The van der Waals surface area contributed by atoms with Gasteiger partial charge in [-0.1, -0.05) is 13.8 Å². The van der Waals surface area contributed by atoms with Gasteiger partial charge >= 0.3 is 6.18 Å². The van der Waals surface area contributed by atoms with Gasteiger partial charge in [0.25, 0.3) is 0 Å². The number of alkyl halides is 3. The van der Waals surface area contributed by atoms with Gasteiger partial charge in [0.15, 0.2) is 11.5 Å². The van der Waals surface area contributed by atoms with E-state index < -0.39 is 11.9 Å². The van der Waals surface area contributed by atoms with Crippen LogP contribution in [-0.4, -0.2) is 15.6 Å². The summed E-state index contributed by atoms with van der Waals surface area (Å²) in [6.45, 7) is 3.42. The maximum absolute atomic E-state index is 12.9. The Balaban J connectivity index is 2.39. The number of ketones is 1. The van der Waals surface area contributed by atoms with E-state index in [0.717, 1.165) is 12.8 Å². The van der Waals surface area contributed by atoms with E-state index >= 15 is 0 Å². The van der Waals surface area contributed by atoms with Gasteiger partial charge in [0.1, 0.15) is 6.54 Å². The lowest BCUT2D eigenvalue weighted by molar-refractivity contribution is -0.142. The number of carbonyl (C=O) groups is 1. The number of fused-ring (bicyclic) bond motifs is 1. The predicted molar refractivity (Wildman–Crippen MR) is 63.7 cm³/mol. The van der Waals surface area contributed by atoms with E-state index in [-0.39, 0.29) is 23.8 Å². The molecule has 1 aliphatic carbocycles. The molecule has 0 aliphatic heterocycles. The lowest BCUT2D eigenvalue weighted by Gasteiger charge is -2.14. The molecule has 19 heavy (non-hydrogen) atoms. The molecule has 0 saturated carbocycles. The average Bonchev–Trinajstić information content (AvgIpc) is 2.68. The summed E-state index contributed by atoms with van der Waals surface area (Å²) in [5.41, 5.74) is 0.0710. The first-order valence-electron chi connectivity index (χ1n) is 6.49. The minimum atomic E-state index is -4.44. The Kier molecular flexibility index (Phi) is 3.69. The van der Waals surface area contributed by atoms with Crippen molar-refractivity contribution in [2.24, 2.45) is 5.92 Å². The molecule has 3 nitrogen and oxygen atoms in total. The van der Waals surface area contributed by atoms with Crippen molar-refractivity contribution in [3.63, 3.8) is 0 Å². The zero-order valence-corrected chi connectivity index (χ0v) is 11.0. The molecule has 0 amide bonds. The van der Waals surface area contributed by atoms with Crippen molar-refractivity contribution in [2.45, 2.75) is 52.3 Å². The van der Waals surface area contributed by atoms with Crippen molar-refractivity contribution in [1.29, 1.82) is 0 Å². The molecule has 0 unspecified atom stereocenters. The number of rotatable bonds is 3. The summed E-state index contributed by atoms with van der Waals surface area (Å²) in [6.07, 6.45) is -1.86. The first kappa shape index (κ1) is 14.1. The highest BCUT2D eigenvalue weighted by Gasteiger charge is 2.39. The van der Waals surface area contributed by atoms with Crippen LogP contribution in [0.3, 0.4) is 0 Å². The van der Waals surface area contributed by atoms with Crippen molar-refractivity contribution >= 4 is 5.78 Å². The van der Waals surface area contributed by atoms with Crippen LogP contribution in [0.2, 0.25) is 0 Å². The molecule has 106 valence electrons. The van der Waals surface area contributed by atoms with E-state index in [0.29, 0.717) is 18.5 Å². The highest BCUT2D eigenvalue weighted by Crippen LogP contribution is 2.35. The number of Topliss-reactive ketones (excluding diaryl/α,β-unsaturated/α-hetero) is 1. The third-order valence-electron chi connectivity index (χ3n) is 3.47. The highest BCUT2D eigenvalue weighted by molar-refractivity contribution is 5.80. The lowest BCUT2D eigenvalue weighted by Crippen LogP contribution is -2.19. The van der Waals surface area contributed by atoms with Gasteiger partial charge < -0.3 is 0 Å². The fourth-order valence-electron chi connectivity index (χ4n) is 2.36. The van der Waals surface area contributed by atoms with Crippen LogP contribution in [0.5, 0.6) is 0 Å². The minimum Gasteiger partial charge on any atom is -0.297 e. The zero-order valence-electron chi connectivity index (χ0n) is 11.0. The van der Waals surface area contributed by atoms with E-state index in [2.05, 4.69) is 5.10 Å². The van der Waals surface area contributed by atoms with Gasteiger partial charge in [0, 0.05) is 17.2 Å². The molecule has 1 aliphatic rings. The van der Waals surface area contributed by atoms with Crippen LogP contribution < -0.4 is 0 Å². The number of carbonyl (C=O) groups excluding carboxylic acids is 1. The summed E-state index contributed by atoms with van der Waals surface area (Å²) in [5, 5.41) is 3.66. The van der Waals surface area contributed by atoms with E-state index in [1.54, 1.807) is 13.8 Å². The van der Waals surface area contributed by atoms with Gasteiger partial charge in [0.05, 0.1) is 0 Å². The van der Waals surface area contributed by atoms with E-state index in [9.17, 15) is 18.0 Å². The second-order valence-electron chi connectivity index (χ2n) is 5.26. The summed E-state index contributed by atoms with van der Waals surface area (Å²) >= 11 is 0. The van der Waals surface area contributed by atoms with Gasteiger partial charge in [0.2, 0.25) is 0 Å². The third-order valence-corrected chi connectivity index (χ3v) is 3.47. The Morgan fingerprint density at radius 1 is 1.32 bits per heavy atom. The Morgan fingerprint density at radius 2 is 1.95 bits per heavy atom. The predicted octanol–water partition coefficient (Wildman–Crippen LogP) is 3.01. The molecule has 6 heteroatoms. The molecule has 0 atom stereocenters. The topological polar surface area (TPSA) is 34.9 Å². The molecule has 0 aromatic carbocycles. The van der Waals surface area contributed by atoms with Gasteiger partial charge in [-0.2, -0.15) is 18.3 Å². The largest absolute Gasteiger partial charge is 0.435 e. The van der Waals surface area contributed by atoms with Gasteiger partial charge in [-0.15, -0.1) is 0 Å². The summed E-state index contributed by atoms with van der Waals surface area (Å²) in [5.74, 6) is -0.289. The summed E-state index contributed by atoms with van der Waals surface area (Å²) in [4.78, 5) is 11.7. The molecule has 1 aromatic rings. The van der Waals surface area contributed by atoms with Gasteiger partial charge in [-0.05, 0) is 25.7 Å². The average molecular weight is 274 g/mol. The first-order valence-corrected chi connectivity index (χ1v) is 6.49. The molecule has 0 spiro atoms. The van der Waals surface area contributed by atoms with Crippen LogP contribution in [0.25, 0.3) is 0 Å². The molecule has 0 saturated heterocycles. The highest BCUT2D eigenvalue weighted by atomic mass is 19.4. The summed E-state index contributed by atoms with van der Waals surface area (Å²) in [7, 11) is 0. The van der Waals surface area contributed by atoms with Crippen LogP contribution in [0.15, 0.2) is 0 Å². The molecule has 0 radical (unpaired) electrons. The van der Waals surface area contributed by atoms with E-state index in [1.807, 2.05) is 0 Å². The van der Waals surface area contributed by atoms with Crippen molar-refractivity contribution in [1.82, 2.24) is 9.78 Å². The molecular weight excluding hydrogens is 257 g/mol. The number of hydrogen-bond donors (Lipinski definition) is 0. The molecule has 1 aromatic heterocycles. The number of halogens is 3. The number of aromatic nitrogens is 2. The normalized spacial score (nSPS) is 15.7. The monoisotopic (exact) mass is 274 g/mol. The molecule has 0 fully saturated rings. The fourth-order valence-corrected chi connectivity index (χ4v) is 2.36. The molecule has 2 rings (SSSR count). The van der Waals surface area contributed by atoms with Crippen LogP contribution in [0.4, 0.5) is 13.2 Å². The van der Waals surface area contributed by atoms with Crippen LogP contribution in [0, 0.1) is 5.92 Å². The smallest absolute Gasteiger partial charge is 0.297 e. The minimum absolute atomic E-state index is 0.0594. The van der Waals surface area contributed by atoms with Crippen LogP contribution in [0.1, 0.15) is 43.6 Å². The molecule has 1 heterocycles. The SMILES string of the molecule is CC(C)C(=O)Cn1nc(C(F)(F)F)c2c1CCCC2. The second-order valence-corrected chi connectivity index (χ2v) is 5.26. The number of nitrogens with zero attached hydrogens (tertiary/aromatic N) is 2. The van der Waals surface area contributed by atoms with Gasteiger partial charge in [-0.25, -0.2) is 0 Å². The maximum Gasteiger partial charge on any atom is 0.435 e. The second kappa shape index (κ2) is 4.98. The van der Waals surface area contributed by atoms with Crippen molar-refractivity contribution in [2.75, 3.05) is 0 Å². The quantitative estimate of drug-likeness (QED) is 0.849. The van der Waals surface area contributed by atoms with Gasteiger partial charge in [-0.3, -0.25) is 9.48 Å². The lowest BCUT2D eigenvalue weighted by atomic mass is 9.95. The van der Waals surface area contributed by atoms with Crippen molar-refractivity contribution in [3.8, 4) is 0 Å². The molecule has 0 N–H and O–H groups in total. The Bertz CT molecular complexity index is 489. The maximum atomic E-state index is 12.9. The third kappa shape index (κ3) is 2.82. The van der Waals surface area contributed by atoms with E-state index in [1.165, 1.54) is 4.68 Å². The number of hydrogen-bond acceptors (Lipinski definition) is 2. The Hall–Kier alpha value is -1.33. The molecule has 0 bridgehead atoms. The first-order chi connectivity index (χ1) is 8.80. The Labute approximate surface area is 109 Å². The van der Waals surface area contributed by atoms with Crippen LogP contribution in [-0.2, 0) is 30.4 Å². The summed E-state index contributed by atoms with van der Waals surface area (Å²) in [6, 6.07) is 0. The zero-order chi connectivity index (χ0) is 14.2. The molecular formula is C13H17F3N2O. The van der Waals surface area contributed by atoms with Crippen molar-refractivity contribution < 1.29 is 18.0 Å².